The van der Waals surface area contributed by atoms with Gasteiger partial charge in [0.1, 0.15) is 6.04 Å². The summed E-state index contributed by atoms with van der Waals surface area (Å²) in [6.45, 7) is 7.51. The molecule has 5 heterocycles. The minimum absolute atomic E-state index is 0.0172. The molecule has 2 saturated carbocycles. The number of aromatic nitrogens is 3. The minimum atomic E-state index is -5.08. The molecule has 84 heavy (non-hydrogen) atoms. The lowest BCUT2D eigenvalue weighted by atomic mass is 9.79. The van der Waals surface area contributed by atoms with Gasteiger partial charge in [-0.15, -0.1) is 0 Å². The topological polar surface area (TPSA) is 189 Å². The Bertz CT molecular complexity index is 3370. The fourth-order valence-electron chi connectivity index (χ4n) is 13.7. The molecule has 2 aliphatic carbocycles. The van der Waals surface area contributed by atoms with E-state index in [0.29, 0.717) is 69.0 Å². The van der Waals surface area contributed by atoms with E-state index in [4.69, 9.17) is 19.4 Å². The number of benzene rings is 4. The van der Waals surface area contributed by atoms with E-state index in [1.165, 1.54) is 0 Å². The van der Waals surface area contributed by atoms with Gasteiger partial charge in [0.25, 0.3) is 5.56 Å². The Kier molecular flexibility index (Phi) is 18.2. The number of aliphatic carboxylic acids is 1. The van der Waals surface area contributed by atoms with Gasteiger partial charge in [0.2, 0.25) is 5.91 Å². The molecule has 0 spiro atoms. The number of amides is 3. The quantitative estimate of drug-likeness (QED) is 0.0987. The van der Waals surface area contributed by atoms with Crippen molar-refractivity contribution >= 4 is 51.7 Å². The van der Waals surface area contributed by atoms with Crippen LogP contribution < -0.4 is 10.9 Å². The first-order valence-corrected chi connectivity index (χ1v) is 29.5. The highest BCUT2D eigenvalue weighted by Crippen LogP contribution is 2.44. The minimum Gasteiger partial charge on any atom is -0.475 e. The Morgan fingerprint density at radius 1 is 0.690 bits per heavy atom. The summed E-state index contributed by atoms with van der Waals surface area (Å²) in [4.78, 5) is 89.2. The van der Waals surface area contributed by atoms with Crippen LogP contribution in [-0.4, -0.2) is 147 Å². The van der Waals surface area contributed by atoms with Crippen LogP contribution in [0.5, 0.6) is 0 Å². The summed E-state index contributed by atoms with van der Waals surface area (Å²) >= 11 is 0. The number of rotatable bonds is 14. The molecule has 4 aromatic carbocycles. The molecule has 3 aliphatic heterocycles. The third-order valence-electron chi connectivity index (χ3n) is 18.3. The molecular formula is C64H75F3N8O9. The summed E-state index contributed by atoms with van der Waals surface area (Å²) in [6, 6.07) is 32.9. The van der Waals surface area contributed by atoms with Crippen molar-refractivity contribution in [3.8, 4) is 0 Å². The highest BCUT2D eigenvalue weighted by atomic mass is 19.4. The van der Waals surface area contributed by atoms with Crippen molar-refractivity contribution in [3.63, 3.8) is 0 Å². The number of fused-ring (bicyclic) bond motifs is 2. The van der Waals surface area contributed by atoms with Crippen LogP contribution in [0.25, 0.3) is 21.8 Å². The number of carboxylic acid groups (broad SMARTS) is 1. The summed E-state index contributed by atoms with van der Waals surface area (Å²) < 4.78 is 47.2. The smallest absolute Gasteiger partial charge is 0.475 e. The van der Waals surface area contributed by atoms with E-state index in [1.54, 1.807) is 20.3 Å². The zero-order valence-electron chi connectivity index (χ0n) is 47.9. The summed E-state index contributed by atoms with van der Waals surface area (Å²) in [5, 5.41) is 16.7. The number of piperidine rings is 2. The average Bonchev–Trinajstić information content (AvgIpc) is 4.03. The SMILES string of the molecule is Cc1cc(C[C@@H](NC(=O)N2CCC(c3cc4ccccc4n(COC(=O)C4(c5ccccc5)CCCC4)c3=O)CC2)C(=O)N2CCN(C3CCN(C)CC3)CC2)cc2cnn(COC(=O)C3(c4ccccc4)CCCC3)c12.O=C(O)C(F)(F)F. The standard InChI is InChI=1S/C62H74N8O7.C2HF3O2/c1-44-37-45(38-48-41-63-70(55(44)48)43-77-59(74)62(27-13-14-28-62)50-18-7-4-8-19-50)39-53(57(72)67-35-33-66(34-36-67)51-23-29-65(2)30-24-51)64-60(75)68-31-21-46(22-32-68)52-40-47-15-9-10-20-54(47)69(56(52)71)42-76-58(73)61(25-11-12-26-61)49-16-5-3-6-17-49;3-2(4,5)1(6)7/h3-10,15-20,37-38,40-41,46,51,53H,11-14,21-36,39,42-43H2,1-2H3,(H,64,75);(H,6,7)/t53-;/m1./s1. The molecule has 1 atom stereocenters. The zero-order chi connectivity index (χ0) is 59.2. The first-order valence-electron chi connectivity index (χ1n) is 29.5. The molecule has 446 valence electrons. The second-order valence-corrected chi connectivity index (χ2v) is 23.5. The third kappa shape index (κ3) is 12.9. The van der Waals surface area contributed by atoms with E-state index >= 15 is 0 Å². The zero-order valence-corrected chi connectivity index (χ0v) is 47.9. The van der Waals surface area contributed by atoms with Crippen LogP contribution in [0, 0.1) is 6.92 Å². The van der Waals surface area contributed by atoms with Crippen LogP contribution in [0.1, 0.15) is 111 Å². The van der Waals surface area contributed by atoms with Gasteiger partial charge in [-0.25, -0.2) is 14.3 Å². The fourth-order valence-corrected chi connectivity index (χ4v) is 13.7. The second-order valence-electron chi connectivity index (χ2n) is 23.5. The van der Waals surface area contributed by atoms with E-state index in [-0.39, 0.29) is 55.2 Å². The molecule has 0 radical (unpaired) electrons. The van der Waals surface area contributed by atoms with Gasteiger partial charge in [-0.3, -0.25) is 28.6 Å². The number of aryl methyl sites for hydroxylation is 1. The van der Waals surface area contributed by atoms with E-state index in [0.717, 1.165) is 116 Å². The molecule has 2 N–H and O–H groups in total. The van der Waals surface area contributed by atoms with Crippen molar-refractivity contribution in [2.24, 2.45) is 0 Å². The third-order valence-corrected chi connectivity index (χ3v) is 18.3. The number of pyridine rings is 1. The Balaban J connectivity index is 0.00000106. The number of likely N-dealkylation sites (tertiary alicyclic amines) is 2. The van der Waals surface area contributed by atoms with Crippen LogP contribution in [0.2, 0.25) is 0 Å². The van der Waals surface area contributed by atoms with Crippen molar-refractivity contribution in [2.75, 3.05) is 59.4 Å². The number of hydrogen-bond acceptors (Lipinski definition) is 11. The predicted molar refractivity (Wildman–Crippen MR) is 310 cm³/mol. The summed E-state index contributed by atoms with van der Waals surface area (Å²) in [5.74, 6) is -3.51. The van der Waals surface area contributed by atoms with Crippen LogP contribution in [0.4, 0.5) is 18.0 Å². The molecule has 0 bridgehead atoms. The number of piperazine rings is 1. The van der Waals surface area contributed by atoms with Gasteiger partial charge in [-0.05, 0) is 130 Å². The van der Waals surface area contributed by atoms with E-state index < -0.39 is 29.0 Å². The van der Waals surface area contributed by atoms with E-state index in [1.807, 2.05) is 115 Å². The van der Waals surface area contributed by atoms with Gasteiger partial charge < -0.3 is 34.6 Å². The monoisotopic (exact) mass is 1160 g/mol. The van der Waals surface area contributed by atoms with Gasteiger partial charge in [-0.1, -0.05) is 111 Å². The molecule has 2 aromatic heterocycles. The highest BCUT2D eigenvalue weighted by Gasteiger charge is 2.46. The maximum atomic E-state index is 14.8. The van der Waals surface area contributed by atoms with E-state index in [9.17, 15) is 37.1 Å². The van der Waals surface area contributed by atoms with Crippen LogP contribution in [-0.2, 0) is 59.4 Å². The molecule has 3 saturated heterocycles. The molecule has 17 nitrogen and oxygen atoms in total. The number of carbonyl (C=O) groups excluding carboxylic acids is 4. The molecule has 3 amide bonds. The van der Waals surface area contributed by atoms with Crippen molar-refractivity contribution < 1.29 is 51.7 Å². The van der Waals surface area contributed by atoms with Gasteiger partial charge in [0, 0.05) is 62.7 Å². The van der Waals surface area contributed by atoms with E-state index in [2.05, 4.69) is 27.3 Å². The van der Waals surface area contributed by atoms with Gasteiger partial charge >= 0.3 is 30.1 Å². The number of nitrogens with one attached hydrogen (secondary N) is 1. The van der Waals surface area contributed by atoms with Gasteiger partial charge in [0.15, 0.2) is 13.5 Å². The maximum Gasteiger partial charge on any atom is 0.490 e. The normalized spacial score (nSPS) is 19.2. The number of nitrogens with zero attached hydrogens (tertiary/aromatic N) is 7. The predicted octanol–water partition coefficient (Wildman–Crippen LogP) is 9.06. The number of carboxylic acids is 1. The lowest BCUT2D eigenvalue weighted by molar-refractivity contribution is -0.192. The molecule has 6 aromatic rings. The van der Waals surface area contributed by atoms with Gasteiger partial charge in [-0.2, -0.15) is 18.3 Å². The first-order chi connectivity index (χ1) is 40.4. The van der Waals surface area contributed by atoms with Crippen LogP contribution >= 0.6 is 0 Å². The highest BCUT2D eigenvalue weighted by molar-refractivity contribution is 5.89. The summed E-state index contributed by atoms with van der Waals surface area (Å²) in [6.07, 6.45) is 7.08. The Morgan fingerprint density at radius 3 is 1.81 bits per heavy atom. The maximum absolute atomic E-state index is 14.8. The molecule has 11 rings (SSSR count). The molecule has 5 aliphatic rings. The lowest BCUT2D eigenvalue weighted by Crippen LogP contribution is -2.59. The number of alkyl halides is 3. The summed E-state index contributed by atoms with van der Waals surface area (Å²) in [7, 11) is 2.17. The Morgan fingerprint density at radius 2 is 1.24 bits per heavy atom. The molecule has 0 unspecified atom stereocenters. The number of halogens is 3. The number of hydrogen-bond donors (Lipinski definition) is 2. The van der Waals surface area contributed by atoms with Gasteiger partial charge in [0.05, 0.1) is 28.1 Å². The Hall–Kier alpha value is -7.58. The van der Waals surface area contributed by atoms with Crippen molar-refractivity contribution in [1.82, 2.24) is 39.3 Å². The van der Waals surface area contributed by atoms with Crippen molar-refractivity contribution in [2.45, 2.75) is 139 Å². The number of para-hydroxylation sites is 1. The van der Waals surface area contributed by atoms with Crippen LogP contribution in [0.3, 0.4) is 0 Å². The Labute approximate surface area is 486 Å². The van der Waals surface area contributed by atoms with Crippen molar-refractivity contribution in [3.05, 3.63) is 147 Å². The number of carbonyl (C=O) groups is 5. The molecule has 20 heteroatoms. The average molecular weight is 1160 g/mol. The molecular weight excluding hydrogens is 1080 g/mol. The number of esters is 2. The largest absolute Gasteiger partial charge is 0.490 e. The lowest BCUT2D eigenvalue weighted by Gasteiger charge is -2.43. The number of ether oxygens (including phenoxy) is 2. The molecule has 5 fully saturated rings. The van der Waals surface area contributed by atoms with Crippen LogP contribution in [0.15, 0.2) is 114 Å². The van der Waals surface area contributed by atoms with Crippen molar-refractivity contribution in [1.29, 1.82) is 0 Å². The second kappa shape index (κ2) is 25.7. The fraction of sp³-hybridized carbons (Fsp3) is 0.484. The first kappa shape index (κ1) is 59.6. The number of urea groups is 1. The summed E-state index contributed by atoms with van der Waals surface area (Å²) in [5.41, 5.74) is 4.37.